The van der Waals surface area contributed by atoms with Gasteiger partial charge in [0.25, 0.3) is 5.91 Å². The monoisotopic (exact) mass is 750 g/mol. The van der Waals surface area contributed by atoms with Gasteiger partial charge in [0.2, 0.25) is 11.8 Å². The Balaban J connectivity index is 1.57. The van der Waals surface area contributed by atoms with Gasteiger partial charge < -0.3 is 25.3 Å². The molecule has 0 unspecified atom stereocenters. The van der Waals surface area contributed by atoms with Crippen LogP contribution in [0.15, 0.2) is 91.1 Å². The first kappa shape index (κ1) is 42.8. The maximum atomic E-state index is 14.8. The van der Waals surface area contributed by atoms with Crippen LogP contribution in [0.4, 0.5) is 0 Å². The molecular formula is C46H62N4O5. The van der Waals surface area contributed by atoms with Crippen LogP contribution in [-0.4, -0.2) is 51.8 Å². The molecule has 0 aliphatic heterocycles. The first-order valence-electron chi connectivity index (χ1n) is 20.5. The summed E-state index contributed by atoms with van der Waals surface area (Å²) in [6.07, 6.45) is 13.7. The SMILES string of the molecule is CCCCCCCCC[C@@H](CC(N)=O)N(CCCCC)C(=O)[C@H](CCCC(=O)OCc1ccccc1)NC(=O)c1cn(Cc2ccccc2)c2ccccc12. The maximum Gasteiger partial charge on any atom is 0.306 e. The first-order valence-corrected chi connectivity index (χ1v) is 20.5. The lowest BCUT2D eigenvalue weighted by molar-refractivity contribution is -0.145. The van der Waals surface area contributed by atoms with Gasteiger partial charge in [0.1, 0.15) is 12.6 Å². The van der Waals surface area contributed by atoms with E-state index in [-0.39, 0.29) is 49.7 Å². The van der Waals surface area contributed by atoms with Gasteiger partial charge in [-0.3, -0.25) is 19.2 Å². The van der Waals surface area contributed by atoms with Gasteiger partial charge in [-0.15, -0.1) is 0 Å². The first-order chi connectivity index (χ1) is 26.8. The normalized spacial score (nSPS) is 12.3. The Morgan fingerprint density at radius 1 is 0.727 bits per heavy atom. The van der Waals surface area contributed by atoms with Gasteiger partial charge in [-0.1, -0.05) is 150 Å². The highest BCUT2D eigenvalue weighted by atomic mass is 16.5. The standard InChI is InChI=1S/C46H62N4O5/c1-3-5-7-8-9-10-17-26-38(32-43(47)51)50(31-20-6-4-2)46(54)41(28-21-30-44(52)55-35-37-24-15-12-16-25-37)48-45(53)40-34-49(33-36-22-13-11-14-23-36)42-29-19-18-27-39(40)42/h11-16,18-19,22-25,27,29,34,38,41H,3-10,17,20-21,26,28,30-33,35H2,1-2H3,(H2,47,51)(H,48,53)/t38-,41-/m0/s1. The number of carbonyl (C=O) groups excluding carboxylic acids is 4. The molecule has 55 heavy (non-hydrogen) atoms. The number of ether oxygens (including phenoxy) is 1. The van der Waals surface area contributed by atoms with Crippen molar-refractivity contribution in [2.24, 2.45) is 5.73 Å². The molecule has 4 rings (SSSR count). The van der Waals surface area contributed by atoms with Gasteiger partial charge in [-0.25, -0.2) is 0 Å². The zero-order chi connectivity index (χ0) is 39.3. The van der Waals surface area contributed by atoms with Crippen LogP contribution in [0, 0.1) is 0 Å². The fourth-order valence-electron chi connectivity index (χ4n) is 7.24. The minimum absolute atomic E-state index is 0.0627. The third-order valence-electron chi connectivity index (χ3n) is 10.3. The average Bonchev–Trinajstić information content (AvgIpc) is 3.56. The second-order valence-corrected chi connectivity index (χ2v) is 14.7. The number of benzene rings is 3. The lowest BCUT2D eigenvalue weighted by Gasteiger charge is -2.35. The van der Waals surface area contributed by atoms with Crippen molar-refractivity contribution in [1.29, 1.82) is 0 Å². The van der Waals surface area contributed by atoms with Gasteiger partial charge in [0.05, 0.1) is 5.56 Å². The summed E-state index contributed by atoms with van der Waals surface area (Å²) in [5, 5.41) is 3.89. The second kappa shape index (κ2) is 23.8. The average molecular weight is 751 g/mol. The van der Waals surface area contributed by atoms with Gasteiger partial charge in [0.15, 0.2) is 0 Å². The smallest absolute Gasteiger partial charge is 0.306 e. The Bertz CT molecular complexity index is 1760. The van der Waals surface area contributed by atoms with Gasteiger partial charge in [-0.05, 0) is 42.9 Å². The molecule has 0 bridgehead atoms. The molecular weight excluding hydrogens is 689 g/mol. The number of primary amides is 1. The summed E-state index contributed by atoms with van der Waals surface area (Å²) in [5.74, 6) is -1.42. The van der Waals surface area contributed by atoms with Crippen molar-refractivity contribution in [3.8, 4) is 0 Å². The Morgan fingerprint density at radius 2 is 1.35 bits per heavy atom. The van der Waals surface area contributed by atoms with E-state index in [1.165, 1.54) is 25.7 Å². The van der Waals surface area contributed by atoms with E-state index < -0.39 is 11.9 Å². The van der Waals surface area contributed by atoms with Crippen LogP contribution >= 0.6 is 0 Å². The molecule has 9 heteroatoms. The zero-order valence-corrected chi connectivity index (χ0v) is 33.1. The van der Waals surface area contributed by atoms with E-state index in [9.17, 15) is 19.2 Å². The number of nitrogens with two attached hydrogens (primary N) is 1. The molecule has 0 spiro atoms. The molecule has 1 aromatic heterocycles. The van der Waals surface area contributed by atoms with E-state index in [0.29, 0.717) is 31.5 Å². The number of aromatic nitrogens is 1. The summed E-state index contributed by atoms with van der Waals surface area (Å²) in [6.45, 7) is 5.53. The third kappa shape index (κ3) is 14.3. The molecule has 0 fully saturated rings. The molecule has 4 aromatic rings. The molecule has 9 nitrogen and oxygen atoms in total. The Kier molecular flexibility index (Phi) is 18.5. The summed E-state index contributed by atoms with van der Waals surface area (Å²) in [6, 6.07) is 26.0. The number of hydrogen-bond donors (Lipinski definition) is 2. The molecule has 0 aliphatic rings. The van der Waals surface area contributed by atoms with Crippen molar-refractivity contribution in [2.75, 3.05) is 6.54 Å². The van der Waals surface area contributed by atoms with Crippen molar-refractivity contribution in [1.82, 2.24) is 14.8 Å². The van der Waals surface area contributed by atoms with Crippen molar-refractivity contribution < 1.29 is 23.9 Å². The lowest BCUT2D eigenvalue weighted by Crippen LogP contribution is -2.53. The van der Waals surface area contributed by atoms with Crippen molar-refractivity contribution >= 4 is 34.6 Å². The number of hydrogen-bond acceptors (Lipinski definition) is 5. The number of para-hydroxylation sites is 1. The molecule has 3 N–H and O–H groups in total. The van der Waals surface area contributed by atoms with Crippen LogP contribution < -0.4 is 11.1 Å². The van der Waals surface area contributed by atoms with Crippen molar-refractivity contribution in [2.45, 2.75) is 135 Å². The van der Waals surface area contributed by atoms with Crippen LogP contribution in [0.3, 0.4) is 0 Å². The fraction of sp³-hybridized carbons (Fsp3) is 0.478. The predicted molar refractivity (Wildman–Crippen MR) is 220 cm³/mol. The number of nitrogens with zero attached hydrogens (tertiary/aromatic N) is 2. The number of fused-ring (bicyclic) bond motifs is 1. The molecule has 1 heterocycles. The minimum atomic E-state index is -0.920. The Hall–Kier alpha value is -4.92. The van der Waals surface area contributed by atoms with Crippen LogP contribution in [0.2, 0.25) is 0 Å². The number of carbonyl (C=O) groups is 4. The van der Waals surface area contributed by atoms with Crippen molar-refractivity contribution in [3.05, 3.63) is 108 Å². The number of amides is 3. The number of nitrogens with one attached hydrogen (secondary N) is 1. The molecule has 296 valence electrons. The van der Waals surface area contributed by atoms with E-state index in [1.54, 1.807) is 4.90 Å². The largest absolute Gasteiger partial charge is 0.461 e. The van der Waals surface area contributed by atoms with Crippen LogP contribution in [-0.2, 0) is 32.3 Å². The Labute approximate surface area is 328 Å². The summed E-state index contributed by atoms with van der Waals surface area (Å²) in [4.78, 5) is 56.1. The second-order valence-electron chi connectivity index (χ2n) is 14.7. The third-order valence-corrected chi connectivity index (χ3v) is 10.3. The molecule has 0 radical (unpaired) electrons. The van der Waals surface area contributed by atoms with Crippen molar-refractivity contribution in [3.63, 3.8) is 0 Å². The number of rotatable bonds is 26. The summed E-state index contributed by atoms with van der Waals surface area (Å²) >= 11 is 0. The van der Waals surface area contributed by atoms with Gasteiger partial charge in [-0.2, -0.15) is 0 Å². The van der Waals surface area contributed by atoms with Gasteiger partial charge in [0, 0.05) is 49.1 Å². The number of esters is 1. The van der Waals surface area contributed by atoms with E-state index in [1.807, 2.05) is 79.0 Å². The molecule has 0 saturated heterocycles. The van der Waals surface area contributed by atoms with Crippen LogP contribution in [0.5, 0.6) is 0 Å². The van der Waals surface area contributed by atoms with E-state index in [0.717, 1.165) is 60.6 Å². The molecule has 3 aromatic carbocycles. The minimum Gasteiger partial charge on any atom is -0.461 e. The highest BCUT2D eigenvalue weighted by Gasteiger charge is 2.32. The van der Waals surface area contributed by atoms with E-state index in [2.05, 4.69) is 35.9 Å². The molecule has 3 amide bonds. The van der Waals surface area contributed by atoms with Gasteiger partial charge >= 0.3 is 5.97 Å². The van der Waals surface area contributed by atoms with E-state index in [4.69, 9.17) is 10.5 Å². The fourth-order valence-corrected chi connectivity index (χ4v) is 7.24. The zero-order valence-electron chi connectivity index (χ0n) is 33.1. The lowest BCUT2D eigenvalue weighted by atomic mass is 9.99. The van der Waals surface area contributed by atoms with Crippen LogP contribution in [0.1, 0.15) is 132 Å². The quantitative estimate of drug-likeness (QED) is 0.0490. The highest BCUT2D eigenvalue weighted by molar-refractivity contribution is 6.08. The number of unbranched alkanes of at least 4 members (excludes halogenated alkanes) is 8. The topological polar surface area (TPSA) is 124 Å². The summed E-state index contributed by atoms with van der Waals surface area (Å²) in [5.41, 5.74) is 9.18. The molecule has 0 aliphatic carbocycles. The summed E-state index contributed by atoms with van der Waals surface area (Å²) < 4.78 is 7.58. The molecule has 0 saturated carbocycles. The highest BCUT2D eigenvalue weighted by Crippen LogP contribution is 2.24. The van der Waals surface area contributed by atoms with Crippen LogP contribution in [0.25, 0.3) is 10.9 Å². The maximum absolute atomic E-state index is 14.8. The summed E-state index contributed by atoms with van der Waals surface area (Å²) in [7, 11) is 0. The van der Waals surface area contributed by atoms with E-state index >= 15 is 0 Å². The molecule has 2 atom stereocenters. The predicted octanol–water partition coefficient (Wildman–Crippen LogP) is 9.11. The Morgan fingerprint density at radius 3 is 2.04 bits per heavy atom.